The second-order valence-corrected chi connectivity index (χ2v) is 7.44. The van der Waals surface area contributed by atoms with Crippen molar-refractivity contribution in [3.8, 4) is 17.1 Å². The number of ether oxygens (including phenoxy) is 1. The largest absolute Gasteiger partial charge is 0.489 e. The molecule has 4 rings (SSSR count). The number of carbonyl (C=O) groups excluding carboxylic acids is 1. The fourth-order valence-corrected chi connectivity index (χ4v) is 3.13. The van der Waals surface area contributed by atoms with Gasteiger partial charge in [-0.1, -0.05) is 47.6 Å². The lowest BCUT2D eigenvalue weighted by Crippen LogP contribution is -2.12. The minimum atomic E-state index is -4.47. The third-order valence-corrected chi connectivity index (χ3v) is 4.87. The minimum absolute atomic E-state index is 0.0348. The Labute approximate surface area is 193 Å². The van der Waals surface area contributed by atoms with Gasteiger partial charge in [0.05, 0.1) is 5.56 Å². The van der Waals surface area contributed by atoms with E-state index in [1.807, 2.05) is 30.3 Å². The lowest BCUT2D eigenvalue weighted by Gasteiger charge is -2.08. The van der Waals surface area contributed by atoms with Gasteiger partial charge in [-0.25, -0.2) is 0 Å². The summed E-state index contributed by atoms with van der Waals surface area (Å²) < 4.78 is 49.5. The lowest BCUT2D eigenvalue weighted by atomic mass is 10.1. The van der Waals surface area contributed by atoms with E-state index in [0.717, 1.165) is 17.7 Å². The SMILES string of the molecule is O=C(CCc1nc(-c2cccc(C(F)(F)F)c2)no1)Nc1ccc(OCc2ccccc2)cc1. The summed E-state index contributed by atoms with van der Waals surface area (Å²) in [6.45, 7) is 0.444. The zero-order valence-electron chi connectivity index (χ0n) is 17.9. The molecule has 0 aliphatic heterocycles. The lowest BCUT2D eigenvalue weighted by molar-refractivity contribution is -0.137. The number of amides is 1. The number of rotatable bonds is 8. The van der Waals surface area contributed by atoms with Crippen molar-refractivity contribution in [1.29, 1.82) is 0 Å². The number of anilines is 1. The van der Waals surface area contributed by atoms with Crippen LogP contribution in [0.15, 0.2) is 83.4 Å². The summed E-state index contributed by atoms with van der Waals surface area (Å²) in [5, 5.41) is 6.49. The van der Waals surface area contributed by atoms with Gasteiger partial charge in [0.15, 0.2) is 0 Å². The Morgan fingerprint density at radius 1 is 0.971 bits per heavy atom. The molecular formula is C25H20F3N3O3. The van der Waals surface area contributed by atoms with Crippen molar-refractivity contribution in [3.05, 3.63) is 95.9 Å². The molecule has 6 nitrogen and oxygen atoms in total. The maximum atomic E-state index is 12.9. The Morgan fingerprint density at radius 2 is 1.74 bits per heavy atom. The predicted molar refractivity (Wildman–Crippen MR) is 119 cm³/mol. The van der Waals surface area contributed by atoms with Crippen LogP contribution < -0.4 is 10.1 Å². The molecular weight excluding hydrogens is 447 g/mol. The first kappa shape index (κ1) is 23.0. The van der Waals surface area contributed by atoms with Crippen molar-refractivity contribution < 1.29 is 27.2 Å². The number of carbonyl (C=O) groups is 1. The number of benzene rings is 3. The van der Waals surface area contributed by atoms with Crippen LogP contribution in [0.5, 0.6) is 5.75 Å². The average Bonchev–Trinajstić information content (AvgIpc) is 3.32. The number of hydrogen-bond donors (Lipinski definition) is 1. The molecule has 34 heavy (non-hydrogen) atoms. The molecule has 1 N–H and O–H groups in total. The molecule has 0 spiro atoms. The normalized spacial score (nSPS) is 11.3. The number of aryl methyl sites for hydroxylation is 1. The third kappa shape index (κ3) is 6.22. The highest BCUT2D eigenvalue weighted by Crippen LogP contribution is 2.31. The molecule has 0 aliphatic carbocycles. The highest BCUT2D eigenvalue weighted by molar-refractivity contribution is 5.90. The monoisotopic (exact) mass is 467 g/mol. The third-order valence-electron chi connectivity index (χ3n) is 4.87. The molecule has 0 atom stereocenters. The molecule has 0 saturated heterocycles. The van der Waals surface area contributed by atoms with Gasteiger partial charge in [0, 0.05) is 24.1 Å². The van der Waals surface area contributed by atoms with E-state index in [1.54, 1.807) is 24.3 Å². The minimum Gasteiger partial charge on any atom is -0.489 e. The van der Waals surface area contributed by atoms with Crippen LogP contribution in [-0.2, 0) is 24.0 Å². The Hall–Kier alpha value is -4.14. The number of alkyl halides is 3. The molecule has 0 aliphatic rings. The van der Waals surface area contributed by atoms with Crippen molar-refractivity contribution in [2.24, 2.45) is 0 Å². The predicted octanol–water partition coefficient (Wildman–Crippen LogP) is 5.91. The van der Waals surface area contributed by atoms with Gasteiger partial charge in [-0.3, -0.25) is 4.79 Å². The van der Waals surface area contributed by atoms with Crippen LogP contribution in [0.3, 0.4) is 0 Å². The fraction of sp³-hybridized carbons (Fsp3) is 0.160. The Kier molecular flexibility index (Phi) is 6.91. The van der Waals surface area contributed by atoms with Gasteiger partial charge in [-0.2, -0.15) is 18.2 Å². The van der Waals surface area contributed by atoms with Crippen molar-refractivity contribution in [2.45, 2.75) is 25.6 Å². The van der Waals surface area contributed by atoms with E-state index in [2.05, 4.69) is 15.5 Å². The molecule has 4 aromatic rings. The van der Waals surface area contributed by atoms with E-state index in [1.165, 1.54) is 12.1 Å². The molecule has 1 heterocycles. The summed E-state index contributed by atoms with van der Waals surface area (Å²) in [7, 11) is 0. The molecule has 0 fully saturated rings. The fourth-order valence-electron chi connectivity index (χ4n) is 3.13. The van der Waals surface area contributed by atoms with Crippen LogP contribution in [0, 0.1) is 0 Å². The van der Waals surface area contributed by atoms with Crippen LogP contribution in [0.25, 0.3) is 11.4 Å². The van der Waals surface area contributed by atoms with Crippen LogP contribution in [0.2, 0.25) is 0 Å². The summed E-state index contributed by atoms with van der Waals surface area (Å²) in [6.07, 6.45) is -4.25. The van der Waals surface area contributed by atoms with Crippen LogP contribution in [0.4, 0.5) is 18.9 Å². The highest BCUT2D eigenvalue weighted by atomic mass is 19.4. The molecule has 3 aromatic carbocycles. The first-order valence-electron chi connectivity index (χ1n) is 10.4. The van der Waals surface area contributed by atoms with Gasteiger partial charge in [0.2, 0.25) is 17.6 Å². The quantitative estimate of drug-likeness (QED) is 0.349. The maximum Gasteiger partial charge on any atom is 0.416 e. The first-order valence-corrected chi connectivity index (χ1v) is 10.4. The topological polar surface area (TPSA) is 77.2 Å². The zero-order valence-corrected chi connectivity index (χ0v) is 17.9. The summed E-state index contributed by atoms with van der Waals surface area (Å²) in [6, 6.07) is 21.4. The molecule has 9 heteroatoms. The van der Waals surface area contributed by atoms with Crippen molar-refractivity contribution >= 4 is 11.6 Å². The van der Waals surface area contributed by atoms with E-state index in [0.29, 0.717) is 18.0 Å². The van der Waals surface area contributed by atoms with Gasteiger partial charge in [-0.05, 0) is 42.0 Å². The van der Waals surface area contributed by atoms with E-state index in [4.69, 9.17) is 9.26 Å². The van der Waals surface area contributed by atoms with E-state index in [9.17, 15) is 18.0 Å². The van der Waals surface area contributed by atoms with Crippen LogP contribution in [0.1, 0.15) is 23.4 Å². The average molecular weight is 467 g/mol. The number of nitrogens with zero attached hydrogens (tertiary/aromatic N) is 2. The van der Waals surface area contributed by atoms with E-state index in [-0.39, 0.29) is 36.0 Å². The molecule has 174 valence electrons. The Bertz CT molecular complexity index is 1240. The maximum absolute atomic E-state index is 12.9. The van der Waals surface area contributed by atoms with Crippen molar-refractivity contribution in [2.75, 3.05) is 5.32 Å². The standard InChI is InChI=1S/C25H20F3N3O3/c26-25(27,28)19-8-4-7-18(15-19)24-30-23(34-31-24)14-13-22(32)29-20-9-11-21(12-10-20)33-16-17-5-2-1-3-6-17/h1-12,15H,13-14,16H2,(H,29,32). The molecule has 0 saturated carbocycles. The number of nitrogens with one attached hydrogen (secondary N) is 1. The number of aromatic nitrogens is 2. The van der Waals surface area contributed by atoms with Gasteiger partial charge in [-0.15, -0.1) is 0 Å². The van der Waals surface area contributed by atoms with Gasteiger partial charge in [0.1, 0.15) is 12.4 Å². The molecule has 1 aromatic heterocycles. The van der Waals surface area contributed by atoms with Crippen molar-refractivity contribution in [3.63, 3.8) is 0 Å². The summed E-state index contributed by atoms with van der Waals surface area (Å²) in [5.41, 5.74) is 1.04. The number of halogens is 3. The molecule has 1 amide bonds. The van der Waals surface area contributed by atoms with Crippen LogP contribution in [-0.4, -0.2) is 16.0 Å². The second-order valence-electron chi connectivity index (χ2n) is 7.44. The summed E-state index contributed by atoms with van der Waals surface area (Å²) >= 11 is 0. The van der Waals surface area contributed by atoms with Crippen LogP contribution >= 0.6 is 0 Å². The van der Waals surface area contributed by atoms with E-state index >= 15 is 0 Å². The summed E-state index contributed by atoms with van der Waals surface area (Å²) in [4.78, 5) is 16.4. The Balaban J connectivity index is 1.27. The number of hydrogen-bond acceptors (Lipinski definition) is 5. The smallest absolute Gasteiger partial charge is 0.416 e. The molecule has 0 bridgehead atoms. The zero-order chi connectivity index (χ0) is 24.0. The van der Waals surface area contributed by atoms with Crippen molar-refractivity contribution in [1.82, 2.24) is 10.1 Å². The van der Waals surface area contributed by atoms with Gasteiger partial charge in [0.25, 0.3) is 0 Å². The second kappa shape index (κ2) is 10.2. The summed E-state index contributed by atoms with van der Waals surface area (Å²) in [5.74, 6) is 0.603. The molecule has 0 radical (unpaired) electrons. The highest BCUT2D eigenvalue weighted by Gasteiger charge is 2.30. The van der Waals surface area contributed by atoms with Gasteiger partial charge < -0.3 is 14.6 Å². The van der Waals surface area contributed by atoms with Gasteiger partial charge >= 0.3 is 6.18 Å². The van der Waals surface area contributed by atoms with E-state index < -0.39 is 11.7 Å². The molecule has 0 unspecified atom stereocenters. The Morgan fingerprint density at radius 3 is 2.47 bits per heavy atom. The first-order chi connectivity index (χ1) is 16.4.